The molecule has 1 atom stereocenters. The summed E-state index contributed by atoms with van der Waals surface area (Å²) in [6.07, 6.45) is 5.12. The number of ether oxygens (including phenoxy) is 1. The molecule has 2 aromatic heterocycles. The number of methoxy groups -OCH3 is 1. The minimum absolute atomic E-state index is 0.168. The predicted octanol–water partition coefficient (Wildman–Crippen LogP) is 2.19. The van der Waals surface area contributed by atoms with Crippen LogP contribution in [0.1, 0.15) is 38.1 Å². The van der Waals surface area contributed by atoms with Crippen molar-refractivity contribution < 1.29 is 9.53 Å². The average Bonchev–Trinajstić information content (AvgIpc) is 2.84. The summed E-state index contributed by atoms with van der Waals surface area (Å²) in [6.45, 7) is 4.56. The monoisotopic (exact) mass is 316 g/mol. The lowest BCUT2D eigenvalue weighted by Crippen LogP contribution is -2.41. The Bertz CT molecular complexity index is 678. The van der Waals surface area contributed by atoms with Gasteiger partial charge in [-0.25, -0.2) is 9.97 Å². The van der Waals surface area contributed by atoms with Gasteiger partial charge >= 0.3 is 0 Å². The minimum atomic E-state index is 0.168. The molecule has 1 aliphatic heterocycles. The Balaban J connectivity index is 1.73. The third-order valence-corrected chi connectivity index (χ3v) is 4.37. The van der Waals surface area contributed by atoms with Crippen molar-refractivity contribution in [2.24, 2.45) is 0 Å². The van der Waals surface area contributed by atoms with Gasteiger partial charge in [0.05, 0.1) is 12.6 Å². The first-order valence-electron chi connectivity index (χ1n) is 8.29. The molecule has 0 spiro atoms. The molecule has 124 valence electrons. The number of aryl methyl sites for hydroxylation is 1. The van der Waals surface area contributed by atoms with Crippen molar-refractivity contribution in [3.63, 3.8) is 0 Å². The number of fused-ring (bicyclic) bond motifs is 1. The fourth-order valence-corrected chi connectivity index (χ4v) is 3.05. The first-order valence-corrected chi connectivity index (χ1v) is 8.29. The number of hydrogen-bond donors (Lipinski definition) is 0. The molecule has 1 amide bonds. The minimum Gasteiger partial charge on any atom is -0.383 e. The highest BCUT2D eigenvalue weighted by molar-refractivity contribution is 5.76. The van der Waals surface area contributed by atoms with Crippen molar-refractivity contribution in [2.45, 2.75) is 38.6 Å². The lowest BCUT2D eigenvalue weighted by Gasteiger charge is -2.30. The molecule has 3 rings (SSSR count). The van der Waals surface area contributed by atoms with Crippen LogP contribution in [0.4, 0.5) is 0 Å². The van der Waals surface area contributed by atoms with Crippen molar-refractivity contribution in [1.29, 1.82) is 0 Å². The maximum Gasteiger partial charge on any atom is 0.222 e. The zero-order chi connectivity index (χ0) is 16.2. The van der Waals surface area contributed by atoms with Gasteiger partial charge in [0.25, 0.3) is 0 Å². The van der Waals surface area contributed by atoms with Crippen molar-refractivity contribution >= 4 is 17.1 Å². The predicted molar refractivity (Wildman–Crippen MR) is 88.3 cm³/mol. The first-order chi connectivity index (χ1) is 11.2. The number of imidazole rings is 1. The van der Waals surface area contributed by atoms with E-state index in [2.05, 4.69) is 16.5 Å². The van der Waals surface area contributed by atoms with E-state index in [1.807, 2.05) is 17.0 Å². The van der Waals surface area contributed by atoms with Gasteiger partial charge in [-0.15, -0.1) is 0 Å². The van der Waals surface area contributed by atoms with E-state index in [0.717, 1.165) is 49.3 Å². The van der Waals surface area contributed by atoms with Gasteiger partial charge in [-0.3, -0.25) is 4.79 Å². The Hall–Kier alpha value is -1.95. The number of pyridine rings is 1. The van der Waals surface area contributed by atoms with Crippen LogP contribution in [0.15, 0.2) is 18.3 Å². The summed E-state index contributed by atoms with van der Waals surface area (Å²) in [4.78, 5) is 23.1. The summed E-state index contributed by atoms with van der Waals surface area (Å²) >= 11 is 0. The van der Waals surface area contributed by atoms with Crippen molar-refractivity contribution in [3.05, 3.63) is 24.2 Å². The van der Waals surface area contributed by atoms with E-state index < -0.39 is 0 Å². The van der Waals surface area contributed by atoms with E-state index in [0.29, 0.717) is 13.0 Å². The molecular weight excluding hydrogens is 292 g/mol. The Morgan fingerprint density at radius 2 is 2.26 bits per heavy atom. The molecule has 6 nitrogen and oxygen atoms in total. The standard InChI is InChI=1S/C17H24N4O2/c1-13(12-23-2)21-15(19-14-6-4-9-18-17(14)21)7-3-8-16(22)20-10-5-11-20/h4,6,9,13H,3,5,7-8,10-12H2,1-2H3/t13-/m0/s1. The van der Waals surface area contributed by atoms with Crippen LogP contribution in [0.2, 0.25) is 0 Å². The molecule has 1 saturated heterocycles. The van der Waals surface area contributed by atoms with Gasteiger partial charge < -0.3 is 14.2 Å². The summed E-state index contributed by atoms with van der Waals surface area (Å²) in [6, 6.07) is 4.05. The van der Waals surface area contributed by atoms with E-state index in [4.69, 9.17) is 9.72 Å². The normalized spacial score (nSPS) is 15.7. The Morgan fingerprint density at radius 1 is 1.43 bits per heavy atom. The fourth-order valence-electron chi connectivity index (χ4n) is 3.05. The maximum atomic E-state index is 12.0. The molecule has 0 unspecified atom stereocenters. The number of carbonyl (C=O) groups excluding carboxylic acids is 1. The molecule has 0 aliphatic carbocycles. The van der Waals surface area contributed by atoms with Crippen molar-refractivity contribution in [2.75, 3.05) is 26.8 Å². The van der Waals surface area contributed by atoms with Crippen LogP contribution >= 0.6 is 0 Å². The number of nitrogens with zero attached hydrogens (tertiary/aromatic N) is 4. The summed E-state index contributed by atoms with van der Waals surface area (Å²) in [5, 5.41) is 0. The van der Waals surface area contributed by atoms with Crippen molar-refractivity contribution in [3.8, 4) is 0 Å². The number of amides is 1. The largest absolute Gasteiger partial charge is 0.383 e. The van der Waals surface area contributed by atoms with Crippen LogP contribution in [0.5, 0.6) is 0 Å². The Kier molecular flexibility index (Phi) is 4.91. The lowest BCUT2D eigenvalue weighted by molar-refractivity contribution is -0.134. The molecule has 6 heteroatoms. The number of rotatable bonds is 7. The molecule has 0 aromatic carbocycles. The molecule has 23 heavy (non-hydrogen) atoms. The summed E-state index contributed by atoms with van der Waals surface area (Å²) in [5.74, 6) is 1.25. The Labute approximate surface area is 136 Å². The van der Waals surface area contributed by atoms with Crippen LogP contribution in [-0.2, 0) is 16.0 Å². The smallest absolute Gasteiger partial charge is 0.222 e. The lowest BCUT2D eigenvalue weighted by atomic mass is 10.1. The second kappa shape index (κ2) is 7.08. The third-order valence-electron chi connectivity index (χ3n) is 4.37. The molecule has 3 heterocycles. The van der Waals surface area contributed by atoms with E-state index >= 15 is 0 Å². The highest BCUT2D eigenvalue weighted by Crippen LogP contribution is 2.21. The van der Waals surface area contributed by atoms with E-state index in [9.17, 15) is 4.79 Å². The zero-order valence-electron chi connectivity index (χ0n) is 13.9. The van der Waals surface area contributed by atoms with Crippen molar-refractivity contribution in [1.82, 2.24) is 19.4 Å². The number of carbonyl (C=O) groups is 1. The number of aromatic nitrogens is 3. The van der Waals surface area contributed by atoms with Gasteiger partial charge in [-0.05, 0) is 31.9 Å². The van der Waals surface area contributed by atoms with Crippen LogP contribution in [0.3, 0.4) is 0 Å². The first kappa shape index (κ1) is 15.9. The van der Waals surface area contributed by atoms with Crippen LogP contribution in [0, 0.1) is 0 Å². The Morgan fingerprint density at radius 3 is 2.96 bits per heavy atom. The van der Waals surface area contributed by atoms with Crippen LogP contribution in [0.25, 0.3) is 11.2 Å². The average molecular weight is 316 g/mol. The second-order valence-electron chi connectivity index (χ2n) is 6.14. The van der Waals surface area contributed by atoms with E-state index in [1.54, 1.807) is 13.3 Å². The number of likely N-dealkylation sites (tertiary alicyclic amines) is 1. The summed E-state index contributed by atoms with van der Waals surface area (Å²) in [5.41, 5.74) is 1.79. The summed E-state index contributed by atoms with van der Waals surface area (Å²) < 4.78 is 7.44. The molecule has 1 aliphatic rings. The van der Waals surface area contributed by atoms with E-state index in [-0.39, 0.29) is 11.9 Å². The van der Waals surface area contributed by atoms with Gasteiger partial charge in [-0.1, -0.05) is 0 Å². The topological polar surface area (TPSA) is 60.2 Å². The van der Waals surface area contributed by atoms with E-state index in [1.165, 1.54) is 0 Å². The number of hydrogen-bond acceptors (Lipinski definition) is 4. The molecule has 0 N–H and O–H groups in total. The van der Waals surface area contributed by atoms with Crippen LogP contribution < -0.4 is 0 Å². The third kappa shape index (κ3) is 3.37. The van der Waals surface area contributed by atoms with Crippen LogP contribution in [-0.4, -0.2) is 52.1 Å². The molecule has 2 aromatic rings. The van der Waals surface area contributed by atoms with Gasteiger partial charge in [0.1, 0.15) is 11.3 Å². The molecule has 0 bridgehead atoms. The van der Waals surface area contributed by atoms with Gasteiger partial charge in [-0.2, -0.15) is 0 Å². The van der Waals surface area contributed by atoms with Gasteiger partial charge in [0.15, 0.2) is 5.65 Å². The maximum absolute atomic E-state index is 12.0. The molecule has 0 radical (unpaired) electrons. The molecule has 1 fully saturated rings. The highest BCUT2D eigenvalue weighted by atomic mass is 16.5. The second-order valence-corrected chi connectivity index (χ2v) is 6.14. The fraction of sp³-hybridized carbons (Fsp3) is 0.588. The quantitative estimate of drug-likeness (QED) is 0.785. The SMILES string of the molecule is COC[C@H](C)n1c(CCCC(=O)N2CCC2)nc2cccnc21. The molecule has 0 saturated carbocycles. The van der Waals surface area contributed by atoms with Gasteiger partial charge in [0, 0.05) is 39.2 Å². The zero-order valence-corrected chi connectivity index (χ0v) is 13.9. The summed E-state index contributed by atoms with van der Waals surface area (Å²) in [7, 11) is 1.70. The molecular formula is C17H24N4O2. The van der Waals surface area contributed by atoms with Gasteiger partial charge in [0.2, 0.25) is 5.91 Å². The highest BCUT2D eigenvalue weighted by Gasteiger charge is 2.21.